The largest absolute Gasteiger partial charge is 0.310 e. The van der Waals surface area contributed by atoms with E-state index in [0.29, 0.717) is 0 Å². The van der Waals surface area contributed by atoms with Crippen LogP contribution in [0.2, 0.25) is 0 Å². The molecule has 1 aromatic rings. The molecule has 0 aliphatic carbocycles. The first kappa shape index (κ1) is 15.9. The van der Waals surface area contributed by atoms with Crippen molar-refractivity contribution in [2.45, 2.75) is 45.3 Å². The second kappa shape index (κ2) is 8.08. The fourth-order valence-electron chi connectivity index (χ4n) is 2.70. The zero-order chi connectivity index (χ0) is 14.4. The second-order valence-electron chi connectivity index (χ2n) is 5.86. The van der Waals surface area contributed by atoms with E-state index in [4.69, 9.17) is 4.98 Å². The van der Waals surface area contributed by atoms with Gasteiger partial charge >= 0.3 is 0 Å². The van der Waals surface area contributed by atoms with E-state index in [9.17, 15) is 0 Å². The van der Waals surface area contributed by atoms with Crippen LogP contribution >= 0.6 is 11.3 Å². The van der Waals surface area contributed by atoms with Gasteiger partial charge in [-0.2, -0.15) is 0 Å². The molecule has 1 N–H and O–H groups in total. The van der Waals surface area contributed by atoms with Gasteiger partial charge in [-0.1, -0.05) is 6.92 Å². The van der Waals surface area contributed by atoms with Crippen molar-refractivity contribution in [2.75, 3.05) is 33.7 Å². The molecule has 0 unspecified atom stereocenters. The Hall–Kier alpha value is -0.490. The highest BCUT2D eigenvalue weighted by Crippen LogP contribution is 2.17. The van der Waals surface area contributed by atoms with E-state index in [1.807, 2.05) is 0 Å². The van der Waals surface area contributed by atoms with Gasteiger partial charge in [0.1, 0.15) is 5.01 Å². The molecule has 20 heavy (non-hydrogen) atoms. The minimum absolute atomic E-state index is 0.717. The van der Waals surface area contributed by atoms with E-state index in [0.717, 1.165) is 25.7 Å². The lowest BCUT2D eigenvalue weighted by molar-refractivity contribution is 0.138. The summed E-state index contributed by atoms with van der Waals surface area (Å²) in [7, 11) is 4.45. The Bertz CT molecular complexity index is 385. The summed E-state index contributed by atoms with van der Waals surface area (Å²) in [6.45, 7) is 7.60. The molecular weight excluding hydrogens is 268 g/mol. The molecule has 0 aromatic carbocycles. The average molecular weight is 296 g/mol. The van der Waals surface area contributed by atoms with Gasteiger partial charge < -0.3 is 10.2 Å². The van der Waals surface area contributed by atoms with Crippen LogP contribution < -0.4 is 5.32 Å². The third-order valence-corrected chi connectivity index (χ3v) is 4.92. The highest BCUT2D eigenvalue weighted by Gasteiger charge is 2.20. The summed E-state index contributed by atoms with van der Waals surface area (Å²) in [5.74, 6) is 0. The van der Waals surface area contributed by atoms with E-state index < -0.39 is 0 Å². The molecule has 0 saturated carbocycles. The number of rotatable bonds is 7. The third kappa shape index (κ3) is 4.81. The first-order chi connectivity index (χ1) is 9.69. The molecule has 0 bridgehead atoms. The van der Waals surface area contributed by atoms with E-state index in [1.54, 1.807) is 11.3 Å². The Morgan fingerprint density at radius 3 is 2.90 bits per heavy atom. The Morgan fingerprint density at radius 2 is 2.20 bits per heavy atom. The van der Waals surface area contributed by atoms with Gasteiger partial charge in [0.2, 0.25) is 0 Å². The predicted octanol–water partition coefficient (Wildman–Crippen LogP) is 2.17. The highest BCUT2D eigenvalue weighted by molar-refractivity contribution is 7.09. The zero-order valence-corrected chi connectivity index (χ0v) is 13.9. The van der Waals surface area contributed by atoms with Crippen molar-refractivity contribution >= 4 is 11.3 Å². The lowest BCUT2D eigenvalue weighted by Gasteiger charge is -2.34. The fraction of sp³-hybridized carbons (Fsp3) is 0.800. The maximum absolute atomic E-state index is 4.74. The van der Waals surface area contributed by atoms with Crippen LogP contribution in [0.4, 0.5) is 0 Å². The second-order valence-corrected chi connectivity index (χ2v) is 6.80. The van der Waals surface area contributed by atoms with Gasteiger partial charge in [0.15, 0.2) is 0 Å². The normalized spacial score (nSPS) is 18.0. The third-order valence-electron chi connectivity index (χ3n) is 4.03. The summed E-state index contributed by atoms with van der Waals surface area (Å²) in [4.78, 5) is 9.63. The molecule has 0 amide bonds. The maximum atomic E-state index is 4.74. The van der Waals surface area contributed by atoms with Crippen molar-refractivity contribution in [1.82, 2.24) is 20.1 Å². The smallest absolute Gasteiger partial charge is 0.107 e. The van der Waals surface area contributed by atoms with Crippen molar-refractivity contribution in [3.63, 3.8) is 0 Å². The van der Waals surface area contributed by atoms with Gasteiger partial charge in [-0.15, -0.1) is 11.3 Å². The lowest BCUT2D eigenvalue weighted by atomic mass is 10.0. The molecule has 1 saturated heterocycles. The number of thiazole rings is 1. The number of piperidine rings is 1. The molecule has 0 atom stereocenters. The van der Waals surface area contributed by atoms with Crippen LogP contribution in [0.1, 0.15) is 36.9 Å². The van der Waals surface area contributed by atoms with Crippen LogP contribution in [0.3, 0.4) is 0 Å². The maximum Gasteiger partial charge on any atom is 0.107 e. The summed E-state index contributed by atoms with van der Waals surface area (Å²) < 4.78 is 0. The van der Waals surface area contributed by atoms with Crippen molar-refractivity contribution in [3.8, 4) is 0 Å². The Balaban J connectivity index is 1.77. The number of aromatic nitrogens is 1. The number of nitrogens with one attached hydrogen (secondary N) is 1. The van der Waals surface area contributed by atoms with Crippen molar-refractivity contribution in [2.24, 2.45) is 0 Å². The molecule has 5 heteroatoms. The van der Waals surface area contributed by atoms with E-state index in [1.165, 1.54) is 43.1 Å². The molecule has 1 aliphatic rings. The molecule has 114 valence electrons. The standard InChI is InChI=1S/C15H28N4S/c1-4-7-16-10-15-17-13(12-20-15)11-19(3)14-5-8-18(2)9-6-14/h12,14,16H,4-11H2,1-3H3. The van der Waals surface area contributed by atoms with Gasteiger partial charge in [0, 0.05) is 24.5 Å². The molecule has 1 fully saturated rings. The zero-order valence-electron chi connectivity index (χ0n) is 13.1. The van der Waals surface area contributed by atoms with Crippen LogP contribution in [0.5, 0.6) is 0 Å². The van der Waals surface area contributed by atoms with Gasteiger partial charge in [0.05, 0.1) is 5.69 Å². The molecule has 4 nitrogen and oxygen atoms in total. The van der Waals surface area contributed by atoms with Crippen molar-refractivity contribution in [1.29, 1.82) is 0 Å². The lowest BCUT2D eigenvalue weighted by Crippen LogP contribution is -2.41. The molecule has 1 aromatic heterocycles. The number of hydrogen-bond acceptors (Lipinski definition) is 5. The van der Waals surface area contributed by atoms with Gasteiger partial charge in [0.25, 0.3) is 0 Å². The SMILES string of the molecule is CCCNCc1nc(CN(C)C2CCN(C)CC2)cs1. The van der Waals surface area contributed by atoms with Gasteiger partial charge in [-0.3, -0.25) is 4.90 Å². The van der Waals surface area contributed by atoms with Crippen LogP contribution in [0.15, 0.2) is 5.38 Å². The molecule has 2 heterocycles. The molecule has 2 rings (SSSR count). The van der Waals surface area contributed by atoms with Crippen molar-refractivity contribution < 1.29 is 0 Å². The Kier molecular flexibility index (Phi) is 6.42. The fourth-order valence-corrected chi connectivity index (χ4v) is 3.45. The summed E-state index contributed by atoms with van der Waals surface area (Å²) in [5.41, 5.74) is 1.23. The highest BCUT2D eigenvalue weighted by atomic mass is 32.1. The first-order valence-electron chi connectivity index (χ1n) is 7.71. The molecule has 1 aliphatic heterocycles. The summed E-state index contributed by atoms with van der Waals surface area (Å²) >= 11 is 1.78. The summed E-state index contributed by atoms with van der Waals surface area (Å²) in [6.07, 6.45) is 3.74. The first-order valence-corrected chi connectivity index (χ1v) is 8.59. The van der Waals surface area contributed by atoms with Crippen LogP contribution in [0, 0.1) is 0 Å². The number of hydrogen-bond donors (Lipinski definition) is 1. The quantitative estimate of drug-likeness (QED) is 0.782. The Labute approximate surface area is 127 Å². The van der Waals surface area contributed by atoms with Gasteiger partial charge in [-0.25, -0.2) is 4.98 Å². The van der Waals surface area contributed by atoms with E-state index in [-0.39, 0.29) is 0 Å². The minimum atomic E-state index is 0.717. The monoisotopic (exact) mass is 296 g/mol. The number of nitrogens with zero attached hydrogens (tertiary/aromatic N) is 3. The Morgan fingerprint density at radius 1 is 1.45 bits per heavy atom. The van der Waals surface area contributed by atoms with Crippen LogP contribution in [0.25, 0.3) is 0 Å². The summed E-state index contributed by atoms with van der Waals surface area (Å²) in [6, 6.07) is 0.717. The van der Waals surface area contributed by atoms with Crippen LogP contribution in [-0.2, 0) is 13.1 Å². The average Bonchev–Trinajstić information content (AvgIpc) is 2.87. The summed E-state index contributed by atoms with van der Waals surface area (Å²) in [5, 5.41) is 6.84. The molecule has 0 spiro atoms. The molecular formula is C15H28N4S. The predicted molar refractivity (Wildman–Crippen MR) is 86.1 cm³/mol. The van der Waals surface area contributed by atoms with E-state index >= 15 is 0 Å². The van der Waals surface area contributed by atoms with E-state index in [2.05, 4.69) is 41.5 Å². The topological polar surface area (TPSA) is 31.4 Å². The van der Waals surface area contributed by atoms with Gasteiger partial charge in [-0.05, 0) is 53.0 Å². The van der Waals surface area contributed by atoms with Crippen LogP contribution in [-0.4, -0.2) is 54.6 Å². The molecule has 0 radical (unpaired) electrons. The minimum Gasteiger partial charge on any atom is -0.310 e. The number of likely N-dealkylation sites (tertiary alicyclic amines) is 1. The van der Waals surface area contributed by atoms with Crippen molar-refractivity contribution in [3.05, 3.63) is 16.1 Å².